The van der Waals surface area contributed by atoms with Crippen LogP contribution in [0.1, 0.15) is 25.0 Å². The number of hydrogen-bond donors (Lipinski definition) is 5. The van der Waals surface area contributed by atoms with Crippen molar-refractivity contribution >= 4 is 40.6 Å². The van der Waals surface area contributed by atoms with Crippen LogP contribution in [-0.2, 0) is 17.8 Å². The molecule has 1 aliphatic heterocycles. The van der Waals surface area contributed by atoms with E-state index in [0.29, 0.717) is 40.7 Å². The van der Waals surface area contributed by atoms with Gasteiger partial charge in [-0.15, -0.1) is 11.8 Å². The molecule has 0 saturated carbocycles. The molecule has 10 heteroatoms. The van der Waals surface area contributed by atoms with Gasteiger partial charge in [0.15, 0.2) is 0 Å². The lowest BCUT2D eigenvalue weighted by Gasteiger charge is -2.20. The van der Waals surface area contributed by atoms with E-state index in [-0.39, 0.29) is 29.8 Å². The van der Waals surface area contributed by atoms with E-state index >= 15 is 0 Å². The molecule has 2 unspecified atom stereocenters. The van der Waals surface area contributed by atoms with Crippen LogP contribution in [0.4, 0.5) is 11.4 Å². The minimum absolute atomic E-state index is 0.0407. The maximum absolute atomic E-state index is 13.6. The number of amidine groups is 1. The highest BCUT2D eigenvalue weighted by molar-refractivity contribution is 7.98. The van der Waals surface area contributed by atoms with Gasteiger partial charge in [-0.05, 0) is 49.9 Å². The Labute approximate surface area is 219 Å². The van der Waals surface area contributed by atoms with Gasteiger partial charge in [-0.1, -0.05) is 35.9 Å². The molecule has 1 saturated heterocycles. The largest absolute Gasteiger partial charge is 0.399 e. The summed E-state index contributed by atoms with van der Waals surface area (Å²) in [5, 5.41) is 14.6. The second-order valence-corrected chi connectivity index (χ2v) is 10.3. The summed E-state index contributed by atoms with van der Waals surface area (Å²) >= 11 is 8.36. The number of nitrogens with one attached hydrogen (secondary N) is 3. The quantitative estimate of drug-likeness (QED) is 0.0882. The molecule has 0 aliphatic carbocycles. The Hall–Kier alpha value is -2.98. The van der Waals surface area contributed by atoms with Gasteiger partial charge in [-0.3, -0.25) is 15.5 Å². The summed E-state index contributed by atoms with van der Waals surface area (Å²) in [6, 6.07) is 14.9. The second kappa shape index (κ2) is 11.0. The van der Waals surface area contributed by atoms with Crippen LogP contribution in [0.15, 0.2) is 58.2 Å². The fraction of sp³-hybridized carbons (Fsp3) is 0.308. The Balaban J connectivity index is 1.59. The fourth-order valence-electron chi connectivity index (χ4n) is 4.07. The smallest absolute Gasteiger partial charge is 0.274 e. The molecule has 0 amide bonds. The molecule has 2 aromatic carbocycles. The Morgan fingerprint density at radius 1 is 1.22 bits per heavy atom. The van der Waals surface area contributed by atoms with Crippen molar-refractivity contribution in [2.24, 2.45) is 5.73 Å². The number of pyridine rings is 1. The number of epoxide rings is 1. The van der Waals surface area contributed by atoms with Gasteiger partial charge in [-0.25, -0.2) is 0 Å². The van der Waals surface area contributed by atoms with Crippen LogP contribution in [0.5, 0.6) is 0 Å². The van der Waals surface area contributed by atoms with Gasteiger partial charge in [0.1, 0.15) is 23.9 Å². The van der Waals surface area contributed by atoms with Crippen molar-refractivity contribution in [2.75, 3.05) is 17.3 Å². The normalized spacial score (nSPS) is 16.8. The highest BCUT2D eigenvalue weighted by Gasteiger charge is 2.39. The van der Waals surface area contributed by atoms with Crippen molar-refractivity contribution in [2.45, 2.75) is 50.2 Å². The topological polar surface area (TPSA) is 134 Å². The summed E-state index contributed by atoms with van der Waals surface area (Å²) in [6.07, 6.45) is 1.59. The van der Waals surface area contributed by atoms with Crippen LogP contribution in [0.3, 0.4) is 0 Å². The molecule has 3 aromatic rings. The summed E-state index contributed by atoms with van der Waals surface area (Å²) in [6.45, 7) is 4.87. The minimum atomic E-state index is -0.196. The van der Waals surface area contributed by atoms with Gasteiger partial charge in [0, 0.05) is 34.3 Å². The molecule has 0 radical (unpaired) electrons. The van der Waals surface area contributed by atoms with Gasteiger partial charge in [0.05, 0.1) is 17.3 Å². The highest BCUT2D eigenvalue weighted by Crippen LogP contribution is 2.37. The van der Waals surface area contributed by atoms with Crippen molar-refractivity contribution in [3.05, 3.63) is 75.0 Å². The first-order valence-electron chi connectivity index (χ1n) is 11.6. The average molecular weight is 527 g/mol. The van der Waals surface area contributed by atoms with E-state index in [1.54, 1.807) is 22.4 Å². The van der Waals surface area contributed by atoms with Crippen LogP contribution in [-0.4, -0.2) is 35.0 Å². The molecule has 4 rings (SSSR count). The molecule has 190 valence electrons. The Morgan fingerprint density at radius 2 is 1.94 bits per heavy atom. The van der Waals surface area contributed by atoms with Gasteiger partial charge in [0.25, 0.3) is 5.56 Å². The molecule has 2 atom stereocenters. The van der Waals surface area contributed by atoms with E-state index in [2.05, 4.69) is 10.6 Å². The SMILES string of the molecule is CSc1ccc(N)cc1-c1c(Cl)cc(NC(C)C)c(=O)n1CC1OC1NCc1ccc(C(=N)N)cc1. The maximum Gasteiger partial charge on any atom is 0.274 e. The van der Waals surface area contributed by atoms with Gasteiger partial charge >= 0.3 is 0 Å². The van der Waals surface area contributed by atoms with Gasteiger partial charge in [0.2, 0.25) is 0 Å². The van der Waals surface area contributed by atoms with E-state index in [9.17, 15) is 4.79 Å². The number of aromatic nitrogens is 1. The van der Waals surface area contributed by atoms with Crippen molar-refractivity contribution in [3.8, 4) is 11.3 Å². The van der Waals surface area contributed by atoms with E-state index in [4.69, 9.17) is 33.2 Å². The number of benzene rings is 2. The summed E-state index contributed by atoms with van der Waals surface area (Å²) in [4.78, 5) is 14.5. The molecule has 2 heterocycles. The van der Waals surface area contributed by atoms with E-state index in [0.717, 1.165) is 16.0 Å². The van der Waals surface area contributed by atoms with Crippen LogP contribution >= 0.6 is 23.4 Å². The van der Waals surface area contributed by atoms with Crippen LogP contribution in [0, 0.1) is 5.41 Å². The Kier molecular flexibility index (Phi) is 7.94. The molecule has 7 N–H and O–H groups in total. The molecule has 1 aliphatic rings. The van der Waals surface area contributed by atoms with Crippen LogP contribution in [0.2, 0.25) is 5.02 Å². The third-order valence-corrected chi connectivity index (χ3v) is 6.97. The van der Waals surface area contributed by atoms with Gasteiger partial charge < -0.3 is 26.1 Å². The lowest BCUT2D eigenvalue weighted by molar-refractivity contribution is 0.332. The molecular formula is C26H31ClN6O2S. The molecule has 36 heavy (non-hydrogen) atoms. The first-order chi connectivity index (χ1) is 17.2. The van der Waals surface area contributed by atoms with Crippen LogP contribution < -0.4 is 27.7 Å². The van der Waals surface area contributed by atoms with Crippen molar-refractivity contribution in [3.63, 3.8) is 0 Å². The molecule has 0 spiro atoms. The zero-order chi connectivity index (χ0) is 26.0. The first-order valence-corrected chi connectivity index (χ1v) is 13.2. The maximum atomic E-state index is 13.6. The summed E-state index contributed by atoms with van der Waals surface area (Å²) in [7, 11) is 0. The van der Waals surface area contributed by atoms with E-state index in [1.165, 1.54) is 0 Å². The number of ether oxygens (including phenoxy) is 1. The van der Waals surface area contributed by atoms with Crippen LogP contribution in [0.25, 0.3) is 11.3 Å². The zero-order valence-electron chi connectivity index (χ0n) is 20.5. The van der Waals surface area contributed by atoms with Gasteiger partial charge in [-0.2, -0.15) is 0 Å². The monoisotopic (exact) mass is 526 g/mol. The lowest BCUT2D eigenvalue weighted by Crippen LogP contribution is -2.30. The molecule has 8 nitrogen and oxygen atoms in total. The standard InChI is InChI=1S/C26H31ClN6O2S/c1-14(2)32-20-11-19(27)23(18-10-17(28)8-9-22(18)36-3)33(26(20)34)13-21-25(35-21)31-12-15-4-6-16(7-5-15)24(29)30/h4-11,14,21,25,31-32H,12-13,28H2,1-3H3,(H3,29,30). The number of halogens is 1. The number of nitrogens with zero attached hydrogens (tertiary/aromatic N) is 1. The molecular weight excluding hydrogens is 496 g/mol. The average Bonchev–Trinajstić information content (AvgIpc) is 3.58. The first kappa shape index (κ1) is 26.1. The van der Waals surface area contributed by atoms with Crippen molar-refractivity contribution in [1.29, 1.82) is 5.41 Å². The fourth-order valence-corrected chi connectivity index (χ4v) is 4.96. The Bertz CT molecular complexity index is 1330. The predicted octanol–water partition coefficient (Wildman–Crippen LogP) is 4.09. The third-order valence-electron chi connectivity index (χ3n) is 5.88. The summed E-state index contributed by atoms with van der Waals surface area (Å²) in [5.41, 5.74) is 15.7. The zero-order valence-corrected chi connectivity index (χ0v) is 22.0. The number of thioether (sulfide) groups is 1. The predicted molar refractivity (Wildman–Crippen MR) is 149 cm³/mol. The number of hydrogen-bond acceptors (Lipinski definition) is 7. The number of nitrogen functional groups attached to an aromatic ring is 2. The highest BCUT2D eigenvalue weighted by atomic mass is 35.5. The third kappa shape index (κ3) is 5.87. The lowest BCUT2D eigenvalue weighted by atomic mass is 10.1. The number of anilines is 2. The number of rotatable bonds is 10. The summed E-state index contributed by atoms with van der Waals surface area (Å²) < 4.78 is 7.56. The molecule has 1 fully saturated rings. The van der Waals surface area contributed by atoms with Crippen molar-refractivity contribution in [1.82, 2.24) is 9.88 Å². The summed E-state index contributed by atoms with van der Waals surface area (Å²) in [5.74, 6) is 0.0407. The molecule has 0 bridgehead atoms. The second-order valence-electron chi connectivity index (χ2n) is 9.02. The Morgan fingerprint density at radius 3 is 2.58 bits per heavy atom. The minimum Gasteiger partial charge on any atom is -0.399 e. The van der Waals surface area contributed by atoms with E-state index in [1.807, 2.05) is 62.6 Å². The van der Waals surface area contributed by atoms with Crippen molar-refractivity contribution < 1.29 is 4.74 Å². The van der Waals surface area contributed by atoms with E-state index < -0.39 is 0 Å². The molecule has 1 aromatic heterocycles. The number of nitrogens with two attached hydrogens (primary N) is 2.